The smallest absolute Gasteiger partial charge is 0.244 e. The van der Waals surface area contributed by atoms with Crippen LogP contribution in [0.3, 0.4) is 0 Å². The second kappa shape index (κ2) is 13.5. The van der Waals surface area contributed by atoms with Crippen LogP contribution in [0.4, 0.5) is 5.69 Å². The van der Waals surface area contributed by atoms with E-state index in [0.29, 0.717) is 28.6 Å². The number of hydrogen-bond donors (Lipinski definition) is 1. The van der Waals surface area contributed by atoms with E-state index in [1.165, 1.54) is 4.90 Å². The summed E-state index contributed by atoms with van der Waals surface area (Å²) in [4.78, 5) is 28.8. The lowest BCUT2D eigenvalue weighted by atomic mass is 10.0. The molecule has 2 amide bonds. The third-order valence-electron chi connectivity index (χ3n) is 6.22. The Morgan fingerprint density at radius 1 is 1.00 bits per heavy atom. The predicted octanol–water partition coefficient (Wildman–Crippen LogP) is 4.20. The Balaban J connectivity index is 2.07. The molecule has 0 heterocycles. The average Bonchev–Trinajstić information content (AvgIpc) is 2.90. The number of likely N-dealkylation sites (N-methyl/N-ethyl adjacent to an activating group) is 1. The topological polar surface area (TPSA) is 96.0 Å². The van der Waals surface area contributed by atoms with Gasteiger partial charge in [-0.25, -0.2) is 8.42 Å². The van der Waals surface area contributed by atoms with Gasteiger partial charge in [0.2, 0.25) is 21.8 Å². The summed E-state index contributed by atoms with van der Waals surface area (Å²) in [6, 6.07) is 20.5. The first kappa shape index (κ1) is 30.0. The molecule has 3 rings (SSSR count). The highest BCUT2D eigenvalue weighted by Gasteiger charge is 2.33. The van der Waals surface area contributed by atoms with E-state index in [1.54, 1.807) is 57.4 Å². The van der Waals surface area contributed by atoms with Crippen molar-refractivity contribution in [2.45, 2.75) is 32.9 Å². The summed E-state index contributed by atoms with van der Waals surface area (Å²) in [6.07, 6.45) is 1.30. The number of nitrogens with zero attached hydrogens (tertiary/aromatic N) is 2. The number of ether oxygens (including phenoxy) is 1. The first-order chi connectivity index (χ1) is 18.5. The maximum absolute atomic E-state index is 14.0. The number of carbonyl (C=O) groups is 2. The van der Waals surface area contributed by atoms with Gasteiger partial charge < -0.3 is 15.0 Å². The molecule has 1 unspecified atom stereocenters. The largest absolute Gasteiger partial charge is 0.497 e. The molecular weight excluding hydrogens is 538 g/mol. The van der Waals surface area contributed by atoms with Crippen molar-refractivity contribution in [3.63, 3.8) is 0 Å². The molecule has 3 aromatic carbocycles. The lowest BCUT2D eigenvalue weighted by Gasteiger charge is -2.33. The Kier molecular flexibility index (Phi) is 10.4. The summed E-state index contributed by atoms with van der Waals surface area (Å²) in [5, 5.41) is 3.29. The number of anilines is 1. The maximum Gasteiger partial charge on any atom is 0.244 e. The average molecular weight is 572 g/mol. The van der Waals surface area contributed by atoms with Gasteiger partial charge in [-0.3, -0.25) is 13.9 Å². The normalized spacial score (nSPS) is 11.9. The quantitative estimate of drug-likeness (QED) is 0.351. The Morgan fingerprint density at radius 2 is 1.69 bits per heavy atom. The minimum Gasteiger partial charge on any atom is -0.497 e. The summed E-state index contributed by atoms with van der Waals surface area (Å²) in [7, 11) is -2.31. The number of methoxy groups -OCH3 is 1. The van der Waals surface area contributed by atoms with Gasteiger partial charge in [-0.05, 0) is 60.9 Å². The molecule has 10 heteroatoms. The van der Waals surface area contributed by atoms with Gasteiger partial charge >= 0.3 is 0 Å². The zero-order chi connectivity index (χ0) is 28.6. The second-order valence-electron chi connectivity index (χ2n) is 9.17. The standard InChI is InChI=1S/C29H34ClN3O5S/c1-5-31-29(35)27(18-22-10-7-6-8-11-22)32(19-23-12-9-13-25(17-23)38-3)28(34)20-33(39(4,36)37)26-15-14-24(30)16-21(26)2/h6-17,27H,5,18-20H2,1-4H3,(H,31,35). The van der Waals surface area contributed by atoms with Crippen molar-refractivity contribution in [1.29, 1.82) is 0 Å². The Hall–Kier alpha value is -3.56. The summed E-state index contributed by atoms with van der Waals surface area (Å²) < 4.78 is 32.2. The van der Waals surface area contributed by atoms with Crippen molar-refractivity contribution in [2.75, 3.05) is 30.8 Å². The summed E-state index contributed by atoms with van der Waals surface area (Å²) >= 11 is 6.09. The van der Waals surface area contributed by atoms with E-state index in [2.05, 4.69) is 5.32 Å². The molecule has 0 aliphatic rings. The number of benzene rings is 3. The summed E-state index contributed by atoms with van der Waals surface area (Å²) in [5.41, 5.74) is 2.54. The van der Waals surface area contributed by atoms with Crippen molar-refractivity contribution < 1.29 is 22.7 Å². The number of nitrogens with one attached hydrogen (secondary N) is 1. The van der Waals surface area contributed by atoms with Crippen LogP contribution < -0.4 is 14.4 Å². The van der Waals surface area contributed by atoms with Crippen molar-refractivity contribution >= 4 is 39.1 Å². The lowest BCUT2D eigenvalue weighted by molar-refractivity contribution is -0.140. The van der Waals surface area contributed by atoms with Crippen LogP contribution in [-0.4, -0.2) is 57.6 Å². The maximum atomic E-state index is 14.0. The van der Waals surface area contributed by atoms with Gasteiger partial charge in [0, 0.05) is 24.5 Å². The van der Waals surface area contributed by atoms with Gasteiger partial charge in [-0.15, -0.1) is 0 Å². The molecule has 0 saturated carbocycles. The molecule has 1 atom stereocenters. The number of rotatable bonds is 12. The molecule has 0 radical (unpaired) electrons. The summed E-state index contributed by atoms with van der Waals surface area (Å²) in [6.45, 7) is 3.49. The third kappa shape index (κ3) is 8.21. The number of amides is 2. The molecule has 0 aliphatic carbocycles. The SMILES string of the molecule is CCNC(=O)C(Cc1ccccc1)N(Cc1cccc(OC)c1)C(=O)CN(c1ccc(Cl)cc1C)S(C)(=O)=O. The monoisotopic (exact) mass is 571 g/mol. The van der Waals surface area contributed by atoms with E-state index in [4.69, 9.17) is 16.3 Å². The van der Waals surface area contributed by atoms with Crippen LogP contribution in [0, 0.1) is 6.92 Å². The number of hydrogen-bond acceptors (Lipinski definition) is 5. The van der Waals surface area contributed by atoms with Gasteiger partial charge in [-0.1, -0.05) is 54.1 Å². The Bertz CT molecular complexity index is 1400. The highest BCUT2D eigenvalue weighted by atomic mass is 35.5. The molecular formula is C29H34ClN3O5S. The van der Waals surface area contributed by atoms with E-state index in [1.807, 2.05) is 36.4 Å². The molecule has 0 bridgehead atoms. The number of sulfonamides is 1. The van der Waals surface area contributed by atoms with Crippen LogP contribution in [0.15, 0.2) is 72.8 Å². The Labute approximate surface area is 235 Å². The van der Waals surface area contributed by atoms with E-state index < -0.39 is 28.5 Å². The molecule has 0 aromatic heterocycles. The minimum atomic E-state index is -3.86. The second-order valence-corrected chi connectivity index (χ2v) is 11.5. The molecule has 0 saturated heterocycles. The van der Waals surface area contributed by atoms with Crippen LogP contribution >= 0.6 is 11.6 Å². The highest BCUT2D eigenvalue weighted by Crippen LogP contribution is 2.26. The fraction of sp³-hybridized carbons (Fsp3) is 0.310. The summed E-state index contributed by atoms with van der Waals surface area (Å²) in [5.74, 6) is -0.247. The van der Waals surface area contributed by atoms with Gasteiger partial charge in [0.1, 0.15) is 18.3 Å². The van der Waals surface area contributed by atoms with Crippen molar-refractivity contribution in [3.8, 4) is 5.75 Å². The fourth-order valence-corrected chi connectivity index (χ4v) is 5.44. The number of halogens is 1. The lowest BCUT2D eigenvalue weighted by Crippen LogP contribution is -2.53. The Morgan fingerprint density at radius 3 is 2.31 bits per heavy atom. The number of carbonyl (C=O) groups excluding carboxylic acids is 2. The molecule has 3 aromatic rings. The van der Waals surface area contributed by atoms with E-state index in [9.17, 15) is 18.0 Å². The third-order valence-corrected chi connectivity index (χ3v) is 7.58. The van der Waals surface area contributed by atoms with Gasteiger partial charge in [0.15, 0.2) is 0 Å². The van der Waals surface area contributed by atoms with Crippen LogP contribution in [0.5, 0.6) is 5.75 Å². The molecule has 208 valence electrons. The molecule has 39 heavy (non-hydrogen) atoms. The van der Waals surface area contributed by atoms with Crippen molar-refractivity contribution in [1.82, 2.24) is 10.2 Å². The molecule has 0 aliphatic heterocycles. The van der Waals surface area contributed by atoms with Crippen LogP contribution in [0.2, 0.25) is 5.02 Å². The van der Waals surface area contributed by atoms with Crippen LogP contribution in [0.1, 0.15) is 23.6 Å². The van der Waals surface area contributed by atoms with E-state index in [-0.39, 0.29) is 18.9 Å². The fourth-order valence-electron chi connectivity index (χ4n) is 4.31. The molecule has 8 nitrogen and oxygen atoms in total. The first-order valence-electron chi connectivity index (χ1n) is 12.5. The van der Waals surface area contributed by atoms with Crippen LogP contribution in [0.25, 0.3) is 0 Å². The molecule has 0 spiro atoms. The van der Waals surface area contributed by atoms with Crippen molar-refractivity contribution in [2.24, 2.45) is 0 Å². The zero-order valence-corrected chi connectivity index (χ0v) is 24.1. The molecule has 0 fully saturated rings. The number of aryl methyl sites for hydroxylation is 1. The van der Waals surface area contributed by atoms with Gasteiger partial charge in [0.25, 0.3) is 0 Å². The van der Waals surface area contributed by atoms with E-state index in [0.717, 1.165) is 21.7 Å². The van der Waals surface area contributed by atoms with Gasteiger partial charge in [0.05, 0.1) is 19.1 Å². The van der Waals surface area contributed by atoms with Crippen LogP contribution in [-0.2, 0) is 32.6 Å². The zero-order valence-electron chi connectivity index (χ0n) is 22.6. The highest BCUT2D eigenvalue weighted by molar-refractivity contribution is 7.92. The minimum absolute atomic E-state index is 0.0713. The van der Waals surface area contributed by atoms with E-state index >= 15 is 0 Å². The van der Waals surface area contributed by atoms with Crippen molar-refractivity contribution in [3.05, 3.63) is 94.5 Å². The predicted molar refractivity (Wildman–Crippen MR) is 155 cm³/mol. The van der Waals surface area contributed by atoms with Gasteiger partial charge in [-0.2, -0.15) is 0 Å². The molecule has 1 N–H and O–H groups in total. The first-order valence-corrected chi connectivity index (χ1v) is 14.7.